The van der Waals surface area contributed by atoms with Crippen LogP contribution in [0.15, 0.2) is 66.7 Å². The van der Waals surface area contributed by atoms with E-state index in [2.05, 4.69) is 11.9 Å². The van der Waals surface area contributed by atoms with E-state index in [1.54, 1.807) is 0 Å². The maximum atomic E-state index is 10.7. The Bertz CT molecular complexity index is 608. The topological polar surface area (TPSA) is 58.6 Å². The summed E-state index contributed by atoms with van der Waals surface area (Å²) in [6, 6.07) is 16.7. The van der Waals surface area contributed by atoms with Gasteiger partial charge in [-0.05, 0) is 24.3 Å². The van der Waals surface area contributed by atoms with Crippen molar-refractivity contribution in [3.05, 3.63) is 66.7 Å². The summed E-state index contributed by atoms with van der Waals surface area (Å²) < 4.78 is 5.76. The van der Waals surface area contributed by atoms with Crippen molar-refractivity contribution in [1.29, 1.82) is 0 Å². The van der Waals surface area contributed by atoms with Gasteiger partial charge in [-0.3, -0.25) is 0 Å². The van der Waals surface area contributed by atoms with Gasteiger partial charge in [0, 0.05) is 12.1 Å². The van der Waals surface area contributed by atoms with E-state index in [9.17, 15) is 4.79 Å². The highest BCUT2D eigenvalue weighted by Crippen LogP contribution is 2.29. The predicted octanol–water partition coefficient (Wildman–Crippen LogP) is 3.53. The molecule has 0 spiro atoms. The molecule has 0 amide bonds. The average molecular weight is 269 g/mol. The Morgan fingerprint density at radius 2 is 1.75 bits per heavy atom. The summed E-state index contributed by atoms with van der Waals surface area (Å²) in [6.07, 6.45) is 0. The first-order valence-corrected chi connectivity index (χ1v) is 6.13. The fourth-order valence-corrected chi connectivity index (χ4v) is 1.59. The molecule has 0 aliphatic rings. The summed E-state index contributed by atoms with van der Waals surface area (Å²) in [5.41, 5.74) is 0.818. The van der Waals surface area contributed by atoms with Gasteiger partial charge in [0.1, 0.15) is 5.75 Å². The van der Waals surface area contributed by atoms with Crippen molar-refractivity contribution < 1.29 is 14.6 Å². The number of ether oxygens (including phenoxy) is 1. The lowest BCUT2D eigenvalue weighted by molar-refractivity contribution is -0.132. The van der Waals surface area contributed by atoms with Crippen LogP contribution in [-0.2, 0) is 4.79 Å². The Morgan fingerprint density at radius 1 is 1.10 bits per heavy atom. The molecule has 0 radical (unpaired) electrons. The van der Waals surface area contributed by atoms with Gasteiger partial charge in [0.15, 0.2) is 5.75 Å². The van der Waals surface area contributed by atoms with Crippen molar-refractivity contribution in [3.63, 3.8) is 0 Å². The summed E-state index contributed by atoms with van der Waals surface area (Å²) in [5, 5.41) is 11.8. The molecule has 0 saturated heterocycles. The van der Waals surface area contributed by atoms with Crippen LogP contribution in [0, 0.1) is 0 Å². The predicted molar refractivity (Wildman–Crippen MR) is 78.2 cm³/mol. The number of benzene rings is 2. The lowest BCUT2D eigenvalue weighted by Crippen LogP contribution is -2.11. The smallest absolute Gasteiger partial charge is 0.332 e. The maximum absolute atomic E-state index is 10.7. The lowest BCUT2D eigenvalue weighted by Gasteiger charge is -2.12. The minimum absolute atomic E-state index is 0.0968. The van der Waals surface area contributed by atoms with E-state index in [0.29, 0.717) is 5.75 Å². The molecule has 0 aliphatic carbocycles. The van der Waals surface area contributed by atoms with E-state index in [1.165, 1.54) is 0 Å². The van der Waals surface area contributed by atoms with E-state index >= 15 is 0 Å². The zero-order chi connectivity index (χ0) is 14.4. The molecule has 2 rings (SSSR count). The number of carboxylic acid groups (broad SMARTS) is 1. The summed E-state index contributed by atoms with van der Waals surface area (Å²) in [4.78, 5) is 10.7. The van der Waals surface area contributed by atoms with Crippen LogP contribution in [0.4, 0.5) is 5.69 Å². The number of carbonyl (C=O) groups is 1. The van der Waals surface area contributed by atoms with Crippen LogP contribution in [0.5, 0.6) is 11.5 Å². The fraction of sp³-hybridized carbons (Fsp3) is 0.0625. The molecule has 102 valence electrons. The Balaban J connectivity index is 2.10. The van der Waals surface area contributed by atoms with Crippen LogP contribution in [0.25, 0.3) is 0 Å². The Morgan fingerprint density at radius 3 is 2.45 bits per heavy atom. The second-order valence-corrected chi connectivity index (χ2v) is 4.17. The largest absolute Gasteiger partial charge is 0.478 e. The molecule has 0 bridgehead atoms. The molecule has 4 nitrogen and oxygen atoms in total. The van der Waals surface area contributed by atoms with Gasteiger partial charge in [0.05, 0.1) is 5.69 Å². The van der Waals surface area contributed by atoms with Crippen LogP contribution < -0.4 is 10.1 Å². The second-order valence-electron chi connectivity index (χ2n) is 4.17. The minimum atomic E-state index is -1.01. The first-order valence-electron chi connectivity index (χ1n) is 6.13. The molecule has 0 heterocycles. The van der Waals surface area contributed by atoms with Crippen molar-refractivity contribution in [2.75, 3.05) is 11.9 Å². The van der Waals surface area contributed by atoms with Crippen LogP contribution in [-0.4, -0.2) is 17.6 Å². The third-order valence-electron chi connectivity index (χ3n) is 2.65. The SMILES string of the molecule is C=C(CNc1ccccc1Oc1ccccc1)C(=O)O. The average Bonchev–Trinajstić information content (AvgIpc) is 2.47. The minimum Gasteiger partial charge on any atom is -0.478 e. The molecule has 0 aromatic heterocycles. The Hall–Kier alpha value is -2.75. The van der Waals surface area contributed by atoms with Gasteiger partial charge < -0.3 is 15.2 Å². The van der Waals surface area contributed by atoms with E-state index in [4.69, 9.17) is 9.84 Å². The molecule has 20 heavy (non-hydrogen) atoms. The number of nitrogens with one attached hydrogen (secondary N) is 1. The number of anilines is 1. The number of hydrogen-bond acceptors (Lipinski definition) is 3. The van der Waals surface area contributed by atoms with Crippen molar-refractivity contribution >= 4 is 11.7 Å². The molecule has 0 saturated carbocycles. The Kier molecular flexibility index (Phi) is 4.39. The maximum Gasteiger partial charge on any atom is 0.332 e. The number of para-hydroxylation sites is 3. The van der Waals surface area contributed by atoms with Crippen LogP contribution in [0.2, 0.25) is 0 Å². The summed E-state index contributed by atoms with van der Waals surface area (Å²) in [7, 11) is 0. The highest BCUT2D eigenvalue weighted by molar-refractivity contribution is 5.87. The normalized spacial score (nSPS) is 9.80. The van der Waals surface area contributed by atoms with Crippen molar-refractivity contribution in [2.24, 2.45) is 0 Å². The molecule has 0 aliphatic heterocycles. The summed E-state index contributed by atoms with van der Waals surface area (Å²) >= 11 is 0. The highest BCUT2D eigenvalue weighted by atomic mass is 16.5. The van der Waals surface area contributed by atoms with Crippen molar-refractivity contribution in [3.8, 4) is 11.5 Å². The van der Waals surface area contributed by atoms with E-state index < -0.39 is 5.97 Å². The third kappa shape index (κ3) is 3.62. The van der Waals surface area contributed by atoms with Gasteiger partial charge in [-0.25, -0.2) is 4.79 Å². The molecule has 2 N–H and O–H groups in total. The van der Waals surface area contributed by atoms with Crippen LogP contribution >= 0.6 is 0 Å². The zero-order valence-corrected chi connectivity index (χ0v) is 10.9. The van der Waals surface area contributed by atoms with Crippen molar-refractivity contribution in [2.45, 2.75) is 0 Å². The monoisotopic (exact) mass is 269 g/mol. The van der Waals surface area contributed by atoms with Gasteiger partial charge in [-0.15, -0.1) is 0 Å². The molecular weight excluding hydrogens is 254 g/mol. The van der Waals surface area contributed by atoms with Crippen LogP contribution in [0.1, 0.15) is 0 Å². The first-order chi connectivity index (χ1) is 9.66. The third-order valence-corrected chi connectivity index (χ3v) is 2.65. The molecule has 4 heteroatoms. The quantitative estimate of drug-likeness (QED) is 0.788. The van der Waals surface area contributed by atoms with Crippen molar-refractivity contribution in [1.82, 2.24) is 0 Å². The molecule has 2 aromatic rings. The standard InChI is InChI=1S/C16H15NO3/c1-12(16(18)19)11-17-14-9-5-6-10-15(14)20-13-7-3-2-4-8-13/h2-10,17H,1,11H2,(H,18,19). The van der Waals surface area contributed by atoms with Crippen LogP contribution in [0.3, 0.4) is 0 Å². The van der Waals surface area contributed by atoms with Gasteiger partial charge in [-0.1, -0.05) is 36.9 Å². The number of aliphatic carboxylic acids is 1. The Labute approximate surface area is 117 Å². The molecule has 0 atom stereocenters. The molecule has 0 unspecified atom stereocenters. The van der Waals surface area contributed by atoms with Gasteiger partial charge >= 0.3 is 5.97 Å². The summed E-state index contributed by atoms with van der Waals surface area (Å²) in [5.74, 6) is 0.342. The second kappa shape index (κ2) is 6.43. The lowest BCUT2D eigenvalue weighted by atomic mass is 10.2. The number of rotatable bonds is 6. The van der Waals surface area contributed by atoms with Gasteiger partial charge in [0.25, 0.3) is 0 Å². The fourth-order valence-electron chi connectivity index (χ4n) is 1.59. The zero-order valence-electron chi connectivity index (χ0n) is 10.9. The first kappa shape index (κ1) is 13.7. The summed E-state index contributed by atoms with van der Waals surface area (Å²) in [6.45, 7) is 3.64. The van der Waals surface area contributed by atoms with Gasteiger partial charge in [-0.2, -0.15) is 0 Å². The van der Waals surface area contributed by atoms with Gasteiger partial charge in [0.2, 0.25) is 0 Å². The van der Waals surface area contributed by atoms with E-state index in [1.807, 2.05) is 54.6 Å². The number of hydrogen-bond donors (Lipinski definition) is 2. The molecule has 0 fully saturated rings. The van der Waals surface area contributed by atoms with E-state index in [0.717, 1.165) is 11.4 Å². The number of carboxylic acids is 1. The molecular formula is C16H15NO3. The van der Waals surface area contributed by atoms with E-state index in [-0.39, 0.29) is 12.1 Å². The highest BCUT2D eigenvalue weighted by Gasteiger charge is 2.07. The molecule has 2 aromatic carbocycles.